The van der Waals surface area contributed by atoms with E-state index < -0.39 is 30.2 Å². The second-order valence-electron chi connectivity index (χ2n) is 4.08. The summed E-state index contributed by atoms with van der Waals surface area (Å²) in [5, 5.41) is 11.2. The van der Waals surface area contributed by atoms with Crippen LogP contribution in [0.25, 0.3) is 0 Å². The molecule has 0 aromatic rings. The number of hydrogen-bond acceptors (Lipinski definition) is 6. The molecule has 0 saturated carbocycles. The van der Waals surface area contributed by atoms with Gasteiger partial charge >= 0.3 is 18.0 Å². The number of ether oxygens (including phenoxy) is 3. The molecule has 0 bridgehead atoms. The Labute approximate surface area is 115 Å². The topological polar surface area (TPSA) is 114 Å². The van der Waals surface area contributed by atoms with Crippen LogP contribution in [0.5, 0.6) is 0 Å². The van der Waals surface area contributed by atoms with Crippen LogP contribution in [-0.4, -0.2) is 80.6 Å². The molecule has 114 valence electrons. The Hall–Kier alpha value is -1.87. The summed E-state index contributed by atoms with van der Waals surface area (Å²) in [4.78, 5) is 35.3. The molecule has 2 amide bonds. The normalized spacial score (nSPS) is 20.1. The molecule has 9 heteroatoms. The Morgan fingerprint density at radius 3 is 2.70 bits per heavy atom. The molecule has 20 heavy (non-hydrogen) atoms. The van der Waals surface area contributed by atoms with Gasteiger partial charge in [0.05, 0.1) is 26.8 Å². The maximum absolute atomic E-state index is 11.9. The quantitative estimate of drug-likeness (QED) is 0.603. The summed E-state index contributed by atoms with van der Waals surface area (Å²) in [5.74, 6) is -1.72. The molecule has 1 heterocycles. The Kier molecular flexibility index (Phi) is 6.19. The first-order valence-corrected chi connectivity index (χ1v) is 5.97. The first-order valence-electron chi connectivity index (χ1n) is 5.97. The lowest BCUT2D eigenvalue weighted by Gasteiger charge is -2.31. The molecule has 2 unspecified atom stereocenters. The van der Waals surface area contributed by atoms with E-state index >= 15 is 0 Å². The highest BCUT2D eigenvalue weighted by Gasteiger charge is 2.30. The lowest BCUT2D eigenvalue weighted by molar-refractivity contribution is -0.158. The van der Waals surface area contributed by atoms with Gasteiger partial charge in [0.1, 0.15) is 0 Å². The van der Waals surface area contributed by atoms with Crippen LogP contribution in [0.1, 0.15) is 0 Å². The number of carboxylic acids is 1. The molecule has 1 rings (SSSR count). The third-order valence-electron chi connectivity index (χ3n) is 2.82. The predicted octanol–water partition coefficient (Wildman–Crippen LogP) is -1.33. The minimum atomic E-state index is -1.16. The minimum absolute atomic E-state index is 0.0588. The standard InChI is InChI=1S/C11H18N2O7/c1-18-7(9(14)15)5-12-11(17)13-3-4-20-8(6-13)10(16)19-2/h7-8H,3-6H2,1-2H3,(H,12,17)(H,14,15). The highest BCUT2D eigenvalue weighted by Crippen LogP contribution is 2.07. The number of morpholine rings is 1. The van der Waals surface area contributed by atoms with E-state index in [9.17, 15) is 14.4 Å². The van der Waals surface area contributed by atoms with Crippen molar-refractivity contribution >= 4 is 18.0 Å². The molecular weight excluding hydrogens is 272 g/mol. The van der Waals surface area contributed by atoms with E-state index in [4.69, 9.17) is 14.6 Å². The van der Waals surface area contributed by atoms with Gasteiger partial charge in [0.25, 0.3) is 0 Å². The molecule has 2 N–H and O–H groups in total. The number of nitrogens with one attached hydrogen (secondary N) is 1. The zero-order valence-corrected chi connectivity index (χ0v) is 11.3. The fraction of sp³-hybridized carbons (Fsp3) is 0.727. The van der Waals surface area contributed by atoms with Crippen LogP contribution >= 0.6 is 0 Å². The van der Waals surface area contributed by atoms with Crippen molar-refractivity contribution in [2.45, 2.75) is 12.2 Å². The van der Waals surface area contributed by atoms with Gasteiger partial charge in [-0.25, -0.2) is 14.4 Å². The number of hydrogen-bond donors (Lipinski definition) is 2. The van der Waals surface area contributed by atoms with Crippen molar-refractivity contribution in [2.24, 2.45) is 0 Å². The molecule has 0 aromatic heterocycles. The fourth-order valence-corrected chi connectivity index (χ4v) is 1.67. The smallest absolute Gasteiger partial charge is 0.336 e. The molecule has 2 atom stereocenters. The van der Waals surface area contributed by atoms with E-state index in [1.165, 1.54) is 19.1 Å². The predicted molar refractivity (Wildman–Crippen MR) is 65.2 cm³/mol. The number of urea groups is 1. The van der Waals surface area contributed by atoms with Crippen LogP contribution in [-0.2, 0) is 23.8 Å². The number of aliphatic carboxylic acids is 1. The zero-order valence-electron chi connectivity index (χ0n) is 11.3. The first kappa shape index (κ1) is 16.2. The lowest BCUT2D eigenvalue weighted by atomic mass is 10.3. The largest absolute Gasteiger partial charge is 0.479 e. The van der Waals surface area contributed by atoms with E-state index in [-0.39, 0.29) is 19.7 Å². The highest BCUT2D eigenvalue weighted by atomic mass is 16.6. The number of nitrogens with zero attached hydrogens (tertiary/aromatic N) is 1. The molecule has 1 aliphatic heterocycles. The van der Waals surface area contributed by atoms with Gasteiger partial charge in [-0.05, 0) is 0 Å². The first-order chi connectivity index (χ1) is 9.49. The number of esters is 1. The highest BCUT2D eigenvalue weighted by molar-refractivity contribution is 5.79. The van der Waals surface area contributed by atoms with Gasteiger partial charge in [-0.3, -0.25) is 0 Å². The number of carboxylic acid groups (broad SMARTS) is 1. The van der Waals surface area contributed by atoms with Gasteiger partial charge in [0.15, 0.2) is 12.2 Å². The Morgan fingerprint density at radius 2 is 2.15 bits per heavy atom. The molecule has 0 aromatic carbocycles. The molecule has 1 fully saturated rings. The van der Waals surface area contributed by atoms with E-state index in [1.54, 1.807) is 0 Å². The number of carbonyl (C=O) groups is 3. The average molecular weight is 290 g/mol. The maximum Gasteiger partial charge on any atom is 0.336 e. The second-order valence-corrected chi connectivity index (χ2v) is 4.08. The number of rotatable bonds is 5. The Bertz CT molecular complexity index is 374. The summed E-state index contributed by atoms with van der Waals surface area (Å²) in [5.41, 5.74) is 0. The van der Waals surface area contributed by atoms with Gasteiger partial charge < -0.3 is 29.5 Å². The molecule has 1 aliphatic rings. The van der Waals surface area contributed by atoms with Crippen LogP contribution in [0.2, 0.25) is 0 Å². The molecule has 1 saturated heterocycles. The minimum Gasteiger partial charge on any atom is -0.479 e. The third kappa shape index (κ3) is 4.35. The van der Waals surface area contributed by atoms with Crippen molar-refractivity contribution in [1.29, 1.82) is 0 Å². The van der Waals surface area contributed by atoms with Crippen LogP contribution in [0, 0.1) is 0 Å². The van der Waals surface area contributed by atoms with E-state index in [1.807, 2.05) is 0 Å². The SMILES string of the molecule is COC(=O)C1CN(C(=O)NCC(OC)C(=O)O)CCO1. The number of amides is 2. The molecule has 9 nitrogen and oxygen atoms in total. The van der Waals surface area contributed by atoms with Gasteiger partial charge in [0.2, 0.25) is 0 Å². The molecular formula is C11H18N2O7. The van der Waals surface area contributed by atoms with E-state index in [2.05, 4.69) is 10.1 Å². The monoisotopic (exact) mass is 290 g/mol. The van der Waals surface area contributed by atoms with Crippen LogP contribution in [0.15, 0.2) is 0 Å². The zero-order chi connectivity index (χ0) is 15.1. The second kappa shape index (κ2) is 7.65. The van der Waals surface area contributed by atoms with Gasteiger partial charge in [-0.1, -0.05) is 0 Å². The van der Waals surface area contributed by atoms with Crippen molar-refractivity contribution in [2.75, 3.05) is 40.5 Å². The van der Waals surface area contributed by atoms with Gasteiger partial charge in [-0.2, -0.15) is 0 Å². The summed E-state index contributed by atoms with van der Waals surface area (Å²) < 4.78 is 14.4. The van der Waals surface area contributed by atoms with Crippen molar-refractivity contribution in [1.82, 2.24) is 10.2 Å². The summed E-state index contributed by atoms with van der Waals surface area (Å²) in [7, 11) is 2.48. The average Bonchev–Trinajstić information content (AvgIpc) is 2.46. The van der Waals surface area contributed by atoms with Crippen molar-refractivity contribution in [3.63, 3.8) is 0 Å². The van der Waals surface area contributed by atoms with Crippen molar-refractivity contribution < 1.29 is 33.7 Å². The lowest BCUT2D eigenvalue weighted by Crippen LogP contribution is -2.53. The Morgan fingerprint density at radius 1 is 1.45 bits per heavy atom. The van der Waals surface area contributed by atoms with E-state index in [0.29, 0.717) is 6.54 Å². The fourth-order valence-electron chi connectivity index (χ4n) is 1.67. The summed E-state index contributed by atoms with van der Waals surface area (Å²) >= 11 is 0. The molecule has 0 aliphatic carbocycles. The van der Waals surface area contributed by atoms with Crippen molar-refractivity contribution in [3.8, 4) is 0 Å². The Balaban J connectivity index is 2.46. The molecule has 0 spiro atoms. The van der Waals surface area contributed by atoms with Crippen molar-refractivity contribution in [3.05, 3.63) is 0 Å². The van der Waals surface area contributed by atoms with E-state index in [0.717, 1.165) is 0 Å². The van der Waals surface area contributed by atoms with Gasteiger partial charge in [0, 0.05) is 13.7 Å². The van der Waals surface area contributed by atoms with Gasteiger partial charge in [-0.15, -0.1) is 0 Å². The van der Waals surface area contributed by atoms with Crippen LogP contribution in [0.3, 0.4) is 0 Å². The summed E-state index contributed by atoms with van der Waals surface area (Å²) in [6.45, 7) is 0.415. The maximum atomic E-state index is 11.9. The number of methoxy groups -OCH3 is 2. The third-order valence-corrected chi connectivity index (χ3v) is 2.82. The summed E-state index contributed by atoms with van der Waals surface area (Å²) in [6.07, 6.45) is -1.94. The summed E-state index contributed by atoms with van der Waals surface area (Å²) in [6, 6.07) is -0.481. The van der Waals surface area contributed by atoms with Crippen LogP contribution in [0.4, 0.5) is 4.79 Å². The number of carbonyl (C=O) groups excluding carboxylic acids is 2. The molecule has 0 radical (unpaired) electrons. The van der Waals surface area contributed by atoms with Crippen LogP contribution < -0.4 is 5.32 Å².